The summed E-state index contributed by atoms with van der Waals surface area (Å²) in [4.78, 5) is 7.97. The predicted octanol–water partition coefficient (Wildman–Crippen LogP) is 1.24. The molecule has 0 aliphatic carbocycles. The van der Waals surface area contributed by atoms with Crippen molar-refractivity contribution < 1.29 is 8.42 Å². The van der Waals surface area contributed by atoms with Crippen molar-refractivity contribution in [2.75, 3.05) is 0 Å². The zero-order valence-corrected chi connectivity index (χ0v) is 11.2. The fourth-order valence-corrected chi connectivity index (χ4v) is 2.48. The Morgan fingerprint density at radius 2 is 2.00 bits per heavy atom. The number of halogens is 1. The summed E-state index contributed by atoms with van der Waals surface area (Å²) >= 11 is 0. The normalized spacial score (nSPS) is 12.0. The number of hydrogen-bond donors (Lipinski definition) is 0. The second-order valence-corrected chi connectivity index (χ2v) is 6.26. The van der Waals surface area contributed by atoms with Crippen LogP contribution in [-0.4, -0.2) is 33.2 Å². The maximum Gasteiger partial charge on any atom is 0.296 e. The molecule has 0 aromatic carbocycles. The van der Waals surface area contributed by atoms with Crippen molar-refractivity contribution in [2.45, 2.75) is 25.0 Å². The van der Waals surface area contributed by atoms with Gasteiger partial charge in [0.2, 0.25) is 0 Å². The summed E-state index contributed by atoms with van der Waals surface area (Å²) in [5.74, 6) is 0.317. The standard InChI is InChI=1S/C9H10ClN5O2S/c1-6(2)15-8(7-5-11-3-4-12-7)13-14-9(15)18(10,16)17/h3-6H,1-2H3. The molecule has 0 aliphatic heterocycles. The molecular formula is C9H10ClN5O2S. The second kappa shape index (κ2) is 4.62. The molecule has 9 heteroatoms. The highest BCUT2D eigenvalue weighted by molar-refractivity contribution is 8.13. The molecular weight excluding hydrogens is 278 g/mol. The lowest BCUT2D eigenvalue weighted by atomic mass is 10.3. The van der Waals surface area contributed by atoms with Gasteiger partial charge in [0.15, 0.2) is 5.82 Å². The Morgan fingerprint density at radius 1 is 1.28 bits per heavy atom. The van der Waals surface area contributed by atoms with Gasteiger partial charge in [0.05, 0.1) is 6.20 Å². The third kappa shape index (κ3) is 2.34. The molecule has 2 aromatic heterocycles. The van der Waals surface area contributed by atoms with Crippen molar-refractivity contribution >= 4 is 19.7 Å². The van der Waals surface area contributed by atoms with Crippen LogP contribution in [0.2, 0.25) is 0 Å². The Hall–Kier alpha value is -1.54. The van der Waals surface area contributed by atoms with Gasteiger partial charge >= 0.3 is 0 Å². The molecule has 0 fully saturated rings. The summed E-state index contributed by atoms with van der Waals surface area (Å²) in [5.41, 5.74) is 0.435. The van der Waals surface area contributed by atoms with Crippen LogP contribution >= 0.6 is 10.7 Å². The Bertz CT molecular complexity index is 653. The molecule has 2 heterocycles. The third-order valence-corrected chi connectivity index (χ3v) is 3.32. The second-order valence-electron chi connectivity index (χ2n) is 3.80. The third-order valence-electron chi connectivity index (χ3n) is 2.19. The zero-order valence-electron chi connectivity index (χ0n) is 9.65. The fraction of sp³-hybridized carbons (Fsp3) is 0.333. The molecule has 0 aliphatic rings. The first-order chi connectivity index (χ1) is 8.41. The molecule has 7 nitrogen and oxygen atoms in total. The predicted molar refractivity (Wildman–Crippen MR) is 64.5 cm³/mol. The van der Waals surface area contributed by atoms with Crippen LogP contribution in [0, 0.1) is 0 Å². The molecule has 0 saturated carbocycles. The largest absolute Gasteiger partial charge is 0.296 e. The van der Waals surface area contributed by atoms with Crippen molar-refractivity contribution in [1.29, 1.82) is 0 Å². The molecule has 18 heavy (non-hydrogen) atoms. The Kier molecular flexibility index (Phi) is 3.31. The molecule has 96 valence electrons. The van der Waals surface area contributed by atoms with E-state index in [0.29, 0.717) is 11.5 Å². The Morgan fingerprint density at radius 3 is 2.50 bits per heavy atom. The molecule has 2 rings (SSSR count). The van der Waals surface area contributed by atoms with Crippen molar-refractivity contribution in [1.82, 2.24) is 24.7 Å². The highest BCUT2D eigenvalue weighted by Crippen LogP contribution is 2.24. The first kappa shape index (κ1) is 12.9. The molecule has 0 bridgehead atoms. The van der Waals surface area contributed by atoms with Gasteiger partial charge in [-0.05, 0) is 13.8 Å². The average Bonchev–Trinajstić information content (AvgIpc) is 2.74. The Balaban J connectivity index is 2.68. The molecule has 0 saturated heterocycles. The molecule has 2 aromatic rings. The summed E-state index contributed by atoms with van der Waals surface area (Å²) in [6.07, 6.45) is 4.48. The highest BCUT2D eigenvalue weighted by atomic mass is 35.7. The van der Waals surface area contributed by atoms with Crippen LogP contribution in [0.3, 0.4) is 0 Å². The number of aromatic nitrogens is 5. The maximum atomic E-state index is 11.4. The summed E-state index contributed by atoms with van der Waals surface area (Å²) < 4.78 is 24.2. The molecule has 0 atom stereocenters. The first-order valence-corrected chi connectivity index (χ1v) is 7.38. The van der Waals surface area contributed by atoms with E-state index >= 15 is 0 Å². The van der Waals surface area contributed by atoms with E-state index in [2.05, 4.69) is 20.2 Å². The average molecular weight is 288 g/mol. The van der Waals surface area contributed by atoms with Crippen LogP contribution in [0.25, 0.3) is 11.5 Å². The smallest absolute Gasteiger partial charge is 0.293 e. The summed E-state index contributed by atoms with van der Waals surface area (Å²) in [7, 11) is 1.37. The number of nitrogens with zero attached hydrogens (tertiary/aromatic N) is 5. The van der Waals surface area contributed by atoms with Gasteiger partial charge in [-0.15, -0.1) is 10.2 Å². The van der Waals surface area contributed by atoms with E-state index in [0.717, 1.165) is 0 Å². The van der Waals surface area contributed by atoms with E-state index in [1.165, 1.54) is 23.2 Å². The summed E-state index contributed by atoms with van der Waals surface area (Å²) in [6.45, 7) is 3.60. The quantitative estimate of drug-likeness (QED) is 0.789. The number of rotatable bonds is 3. The van der Waals surface area contributed by atoms with Gasteiger partial charge in [0.1, 0.15) is 5.69 Å². The minimum atomic E-state index is -3.95. The van der Waals surface area contributed by atoms with Crippen LogP contribution in [-0.2, 0) is 9.05 Å². The van der Waals surface area contributed by atoms with Gasteiger partial charge in [-0.25, -0.2) is 13.4 Å². The minimum absolute atomic E-state index is 0.180. The van der Waals surface area contributed by atoms with Gasteiger partial charge in [-0.3, -0.25) is 9.55 Å². The van der Waals surface area contributed by atoms with E-state index in [4.69, 9.17) is 10.7 Å². The van der Waals surface area contributed by atoms with Gasteiger partial charge in [0.25, 0.3) is 14.2 Å². The minimum Gasteiger partial charge on any atom is -0.293 e. The van der Waals surface area contributed by atoms with Gasteiger partial charge in [-0.2, -0.15) is 0 Å². The topological polar surface area (TPSA) is 90.6 Å². The van der Waals surface area contributed by atoms with E-state index in [1.54, 1.807) is 13.8 Å². The van der Waals surface area contributed by atoms with E-state index in [-0.39, 0.29) is 11.2 Å². The molecule has 0 amide bonds. The summed E-state index contributed by atoms with van der Waals surface area (Å²) in [6, 6.07) is -0.180. The van der Waals surface area contributed by atoms with Gasteiger partial charge in [-0.1, -0.05) is 0 Å². The van der Waals surface area contributed by atoms with Crippen LogP contribution in [0.15, 0.2) is 23.7 Å². The zero-order chi connectivity index (χ0) is 13.3. The molecule has 0 unspecified atom stereocenters. The fourth-order valence-electron chi connectivity index (χ4n) is 1.50. The highest BCUT2D eigenvalue weighted by Gasteiger charge is 2.25. The summed E-state index contributed by atoms with van der Waals surface area (Å²) in [5, 5.41) is 7.14. The molecule has 0 N–H and O–H groups in total. The van der Waals surface area contributed by atoms with Gasteiger partial charge < -0.3 is 0 Å². The lowest BCUT2D eigenvalue weighted by Crippen LogP contribution is -2.10. The van der Waals surface area contributed by atoms with E-state index in [1.807, 2.05) is 0 Å². The van der Waals surface area contributed by atoms with Crippen LogP contribution < -0.4 is 0 Å². The molecule has 0 radical (unpaired) electrons. The number of hydrogen-bond acceptors (Lipinski definition) is 6. The lowest BCUT2D eigenvalue weighted by molar-refractivity contribution is 0.530. The lowest BCUT2D eigenvalue weighted by Gasteiger charge is -2.11. The Labute approximate surface area is 108 Å². The van der Waals surface area contributed by atoms with E-state index in [9.17, 15) is 8.42 Å². The van der Waals surface area contributed by atoms with Crippen molar-refractivity contribution in [3.63, 3.8) is 0 Å². The van der Waals surface area contributed by atoms with Crippen LogP contribution in [0.1, 0.15) is 19.9 Å². The molecule has 0 spiro atoms. The van der Waals surface area contributed by atoms with Gasteiger partial charge in [0, 0.05) is 29.1 Å². The first-order valence-electron chi connectivity index (χ1n) is 5.07. The van der Waals surface area contributed by atoms with Crippen molar-refractivity contribution in [3.05, 3.63) is 18.6 Å². The SMILES string of the molecule is CC(C)n1c(-c2cnccn2)nnc1S(=O)(=O)Cl. The van der Waals surface area contributed by atoms with Crippen LogP contribution in [0.5, 0.6) is 0 Å². The monoisotopic (exact) mass is 287 g/mol. The van der Waals surface area contributed by atoms with Crippen LogP contribution in [0.4, 0.5) is 0 Å². The maximum absolute atomic E-state index is 11.4. The van der Waals surface area contributed by atoms with E-state index < -0.39 is 9.05 Å². The van der Waals surface area contributed by atoms with Crippen molar-refractivity contribution in [3.8, 4) is 11.5 Å². The van der Waals surface area contributed by atoms with Crippen molar-refractivity contribution in [2.24, 2.45) is 0 Å².